The summed E-state index contributed by atoms with van der Waals surface area (Å²) in [6.45, 7) is 0.112. The Labute approximate surface area is 87.0 Å². The van der Waals surface area contributed by atoms with Gasteiger partial charge in [-0.3, -0.25) is 0 Å². The predicted molar refractivity (Wildman–Crippen MR) is 51.0 cm³/mol. The first-order valence-corrected chi connectivity index (χ1v) is 5.60. The van der Waals surface area contributed by atoms with E-state index < -0.39 is 8.80 Å². The van der Waals surface area contributed by atoms with Gasteiger partial charge in [0.15, 0.2) is 11.1 Å². The minimum atomic E-state index is -3.73. The van der Waals surface area contributed by atoms with Gasteiger partial charge in [0, 0.05) is 12.3 Å². The molecular formula is C8H12O5Si. The SMILES string of the molecule is [3H]O[Si](O[3H])(O[3H])c1ccc(OCOC)cc1. The molecule has 0 atom stereocenters. The number of ether oxygens (including phenoxy) is 2. The zero-order valence-electron chi connectivity index (χ0n) is 10.6. The maximum Gasteiger partial charge on any atom is 0.528 e. The Bertz CT molecular complexity index is 324. The van der Waals surface area contributed by atoms with Crippen molar-refractivity contribution in [3.05, 3.63) is 24.3 Å². The topological polar surface area (TPSA) is 79.2 Å². The highest BCUT2D eigenvalue weighted by molar-refractivity contribution is 6.71. The molecule has 3 N–H and O–H groups in total. The van der Waals surface area contributed by atoms with Crippen LogP contribution in [0.15, 0.2) is 24.3 Å². The Morgan fingerprint density at radius 2 is 1.93 bits per heavy atom. The summed E-state index contributed by atoms with van der Waals surface area (Å²) in [5, 5.41) is 0.322. The fourth-order valence-corrected chi connectivity index (χ4v) is 1.46. The molecule has 0 heterocycles. The van der Waals surface area contributed by atoms with Crippen LogP contribution in [0.4, 0.5) is 0 Å². The highest BCUT2D eigenvalue weighted by Gasteiger charge is 2.29. The minimum absolute atomic E-state index is 0.112. The van der Waals surface area contributed by atoms with Crippen molar-refractivity contribution < 1.29 is 23.9 Å². The molecule has 1 rings (SSSR count). The molecule has 14 heavy (non-hydrogen) atoms. The molecule has 6 heteroatoms. The average Bonchev–Trinajstić information content (AvgIpc) is 2.40. The summed E-state index contributed by atoms with van der Waals surface area (Å²) in [7, 11) is -2.23. The van der Waals surface area contributed by atoms with Crippen molar-refractivity contribution in [2.45, 2.75) is 0 Å². The second-order valence-electron chi connectivity index (χ2n) is 2.63. The second-order valence-corrected chi connectivity index (χ2v) is 4.32. The molecule has 0 aliphatic rings. The molecule has 0 fully saturated rings. The molecule has 0 aliphatic heterocycles. The normalized spacial score (nSPS) is 14.2. The Morgan fingerprint density at radius 3 is 2.43 bits per heavy atom. The van der Waals surface area contributed by atoms with Crippen LogP contribution in [0.5, 0.6) is 5.75 Å². The Morgan fingerprint density at radius 1 is 1.29 bits per heavy atom. The Hall–Kier alpha value is -0.923. The molecule has 0 amide bonds. The number of hydrogen-bond donors (Lipinski definition) is 3. The molecule has 78 valence electrons. The summed E-state index contributed by atoms with van der Waals surface area (Å²) < 4.78 is 30.4. The number of rotatable bonds is 7. The molecule has 0 aliphatic carbocycles. The van der Waals surface area contributed by atoms with Crippen LogP contribution in [-0.4, -0.2) is 41.4 Å². The lowest BCUT2D eigenvalue weighted by molar-refractivity contribution is 0.0511. The van der Waals surface area contributed by atoms with Crippen LogP contribution in [0.2, 0.25) is 0 Å². The van der Waals surface area contributed by atoms with E-state index in [1.165, 1.54) is 19.2 Å². The molecule has 0 radical (unpaired) electrons. The highest BCUT2D eigenvalue weighted by atomic mass is 28.4. The van der Waals surface area contributed by atoms with E-state index in [0.717, 1.165) is 0 Å². The van der Waals surface area contributed by atoms with Crippen molar-refractivity contribution in [1.29, 1.82) is 4.29 Å². The van der Waals surface area contributed by atoms with Gasteiger partial charge in [-0.1, -0.05) is 12.1 Å². The van der Waals surface area contributed by atoms with Crippen LogP contribution in [-0.2, 0) is 4.74 Å². The van der Waals surface area contributed by atoms with Gasteiger partial charge in [0.2, 0.25) is 0 Å². The van der Waals surface area contributed by atoms with Crippen LogP contribution < -0.4 is 9.92 Å². The van der Waals surface area contributed by atoms with Crippen molar-refractivity contribution in [2.75, 3.05) is 13.9 Å². The van der Waals surface area contributed by atoms with Gasteiger partial charge >= 0.3 is 8.80 Å². The fourth-order valence-electron chi connectivity index (χ4n) is 0.882. The first-order valence-electron chi connectivity index (χ1n) is 5.10. The first-order chi connectivity index (χ1) is 8.22. The quantitative estimate of drug-likeness (QED) is 0.398. The Kier molecular flexibility index (Phi) is 2.39. The van der Waals surface area contributed by atoms with Gasteiger partial charge in [-0.15, -0.1) is 0 Å². The molecule has 5 nitrogen and oxygen atoms in total. The van der Waals surface area contributed by atoms with Gasteiger partial charge in [0.05, 0.1) is 0 Å². The van der Waals surface area contributed by atoms with E-state index in [1.807, 2.05) is 0 Å². The van der Waals surface area contributed by atoms with Crippen molar-refractivity contribution in [1.82, 2.24) is 0 Å². The van der Waals surface area contributed by atoms with Crippen LogP contribution in [0.1, 0.15) is 0 Å². The molecule has 0 unspecified atom stereocenters. The molecule has 1 aromatic rings. The number of methoxy groups -OCH3 is 1. The van der Waals surface area contributed by atoms with Gasteiger partial charge in [-0.05, 0) is 12.1 Å². The van der Waals surface area contributed by atoms with E-state index in [2.05, 4.69) is 14.4 Å². The summed E-state index contributed by atoms with van der Waals surface area (Å²) >= 11 is 0. The number of benzene rings is 1. The summed E-state index contributed by atoms with van der Waals surface area (Å²) in [6.07, 6.45) is 0. The van der Waals surface area contributed by atoms with E-state index >= 15 is 0 Å². The Balaban J connectivity index is 2.84. The largest absolute Gasteiger partial charge is 0.528 e. The predicted octanol–water partition coefficient (Wildman–Crippen LogP) is -1.21. The number of hydrogen-bond acceptors (Lipinski definition) is 5. The van der Waals surface area contributed by atoms with E-state index in [1.54, 1.807) is 12.1 Å². The molecule has 1 aromatic carbocycles. The smallest absolute Gasteiger partial charge is 0.468 e. The lowest BCUT2D eigenvalue weighted by Crippen LogP contribution is -2.48. The summed E-state index contributed by atoms with van der Waals surface area (Å²) in [6, 6.07) is 6.17. The molecule has 0 bridgehead atoms. The molecule has 0 saturated carbocycles. The summed E-state index contributed by atoms with van der Waals surface area (Å²) in [5.74, 6) is 0.540. The third-order valence-electron chi connectivity index (χ3n) is 1.55. The van der Waals surface area contributed by atoms with Gasteiger partial charge in [-0.25, -0.2) is 0 Å². The van der Waals surface area contributed by atoms with Crippen LogP contribution in [0.25, 0.3) is 0 Å². The van der Waals surface area contributed by atoms with Crippen LogP contribution >= 0.6 is 0 Å². The summed E-state index contributed by atoms with van der Waals surface area (Å²) in [5.41, 5.74) is 0. The zero-order chi connectivity index (χ0) is 12.7. The van der Waals surface area contributed by atoms with E-state index in [-0.39, 0.29) is 6.79 Å². The lowest BCUT2D eigenvalue weighted by atomic mass is 10.3. The first kappa shape index (κ1) is 7.38. The van der Waals surface area contributed by atoms with Gasteiger partial charge in [0.1, 0.15) is 5.75 Å². The minimum Gasteiger partial charge on any atom is -0.468 e. The van der Waals surface area contributed by atoms with Crippen molar-refractivity contribution >= 4 is 14.0 Å². The average molecular weight is 222 g/mol. The van der Waals surface area contributed by atoms with Gasteiger partial charge < -0.3 is 23.9 Å². The maximum atomic E-state index is 6.83. The fraction of sp³-hybridized carbons (Fsp3) is 0.250. The standard InChI is InChI=1S/C8H12O5Si/c1-12-6-13-7-2-4-8(5-3-7)14(9,10)11/h2-5,9-11H,6H2,1H3/i9T,10T,11T. The summed E-state index contributed by atoms with van der Waals surface area (Å²) in [4.78, 5) is 12.7. The van der Waals surface area contributed by atoms with Crippen molar-refractivity contribution in [2.24, 2.45) is 0 Å². The van der Waals surface area contributed by atoms with Gasteiger partial charge in [0.25, 0.3) is 0 Å². The van der Waals surface area contributed by atoms with Crippen molar-refractivity contribution in [3.63, 3.8) is 0 Å². The maximum absolute atomic E-state index is 6.83. The van der Waals surface area contributed by atoms with Crippen LogP contribution in [0.3, 0.4) is 0 Å². The third-order valence-corrected chi connectivity index (χ3v) is 2.59. The highest BCUT2D eigenvalue weighted by Crippen LogP contribution is 2.08. The molecular weight excluding hydrogens is 204 g/mol. The molecule has 0 saturated heterocycles. The zero-order valence-corrected chi connectivity index (χ0v) is 8.56. The monoisotopic (exact) mass is 222 g/mol. The molecule has 0 spiro atoms. The van der Waals surface area contributed by atoms with Gasteiger partial charge in [-0.2, -0.15) is 0 Å². The van der Waals surface area contributed by atoms with Crippen molar-refractivity contribution in [3.8, 4) is 5.75 Å². The lowest BCUT2D eigenvalue weighted by Gasteiger charge is -2.10. The second kappa shape index (κ2) is 4.53. The van der Waals surface area contributed by atoms with E-state index in [0.29, 0.717) is 10.9 Å². The van der Waals surface area contributed by atoms with E-state index in [9.17, 15) is 0 Å². The van der Waals surface area contributed by atoms with E-state index in [4.69, 9.17) is 13.8 Å². The van der Waals surface area contributed by atoms with Crippen LogP contribution in [0, 0.1) is 0 Å². The molecule has 0 aromatic heterocycles. The third kappa shape index (κ3) is 3.09.